The summed E-state index contributed by atoms with van der Waals surface area (Å²) in [6.45, 7) is 9.78. The predicted molar refractivity (Wildman–Crippen MR) is 296 cm³/mol. The lowest BCUT2D eigenvalue weighted by atomic mass is 9.72. The SMILES string of the molecule is CC1(C)c2ccccc2-n2c3ccc(-c4cc(P)cc(-c5ccccc5)c4)cc3c3cc4c(c1c32)c1cc(-c2cc(-c3ccccc3)cc(-c3ccccc3)c2)cc2c1n4-c1ccccc1C2(C)C. The molecule has 0 saturated carbocycles. The highest BCUT2D eigenvalue weighted by molar-refractivity contribution is 7.27. The molecule has 0 fully saturated rings. The average Bonchev–Trinajstić information content (AvgIpc) is 3.89. The van der Waals surface area contributed by atoms with E-state index in [0.717, 1.165) is 0 Å². The number of fused-ring (bicyclic) bond motifs is 11. The Labute approximate surface area is 405 Å². The van der Waals surface area contributed by atoms with E-state index in [-0.39, 0.29) is 10.8 Å². The summed E-state index contributed by atoms with van der Waals surface area (Å²) in [6.07, 6.45) is 0. The van der Waals surface area contributed by atoms with Crippen LogP contribution in [0.4, 0.5) is 0 Å². The van der Waals surface area contributed by atoms with Gasteiger partial charge in [-0.15, -0.1) is 9.24 Å². The number of rotatable bonds is 5. The standard InChI is InChI=1S/C66H49N2P/c1-65(2)54-24-14-16-26-58(54)68-60-39-52-51-36-43(48-33-47(34-50(69)35-48)42-22-12-7-13-23-42)28-29-57(51)67-59-27-17-15-25-55(59)66(3,4)62(64(52)67)61(60)53-37-49(38-56(65)63(53)68)46-31-44(40-18-8-5-9-19-40)30-45(32-46)41-20-10-6-11-21-41/h5-39H,69H2,1-4H3. The minimum atomic E-state index is -0.327. The van der Waals surface area contributed by atoms with E-state index in [4.69, 9.17) is 0 Å². The molecule has 2 aliphatic heterocycles. The Morgan fingerprint density at radius 3 is 1.35 bits per heavy atom. The second-order valence-electron chi connectivity index (χ2n) is 20.4. The van der Waals surface area contributed by atoms with Crippen molar-refractivity contribution >= 4 is 58.2 Å². The van der Waals surface area contributed by atoms with Crippen molar-refractivity contribution in [2.75, 3.05) is 0 Å². The van der Waals surface area contributed by atoms with E-state index >= 15 is 0 Å². The van der Waals surface area contributed by atoms with Gasteiger partial charge in [0, 0.05) is 32.4 Å². The molecular formula is C66H49N2P. The first kappa shape index (κ1) is 40.3. The van der Waals surface area contributed by atoms with Gasteiger partial charge in [-0.3, -0.25) is 0 Å². The minimum absolute atomic E-state index is 0.269. The highest BCUT2D eigenvalue weighted by Gasteiger charge is 2.41. The zero-order valence-corrected chi connectivity index (χ0v) is 40.3. The molecule has 0 amide bonds. The van der Waals surface area contributed by atoms with Crippen molar-refractivity contribution in [3.05, 3.63) is 235 Å². The number of hydrogen-bond acceptors (Lipinski definition) is 0. The fourth-order valence-corrected chi connectivity index (χ4v) is 12.8. The van der Waals surface area contributed by atoms with E-state index in [9.17, 15) is 0 Å². The van der Waals surface area contributed by atoms with Crippen LogP contribution in [-0.2, 0) is 10.8 Å². The lowest BCUT2D eigenvalue weighted by Gasteiger charge is -2.35. The van der Waals surface area contributed by atoms with Crippen LogP contribution in [-0.4, -0.2) is 9.13 Å². The van der Waals surface area contributed by atoms with Crippen LogP contribution in [0.15, 0.2) is 212 Å². The summed E-state index contributed by atoms with van der Waals surface area (Å²) >= 11 is 0. The van der Waals surface area contributed by atoms with Crippen LogP contribution >= 0.6 is 9.24 Å². The number of aromatic nitrogens is 2. The molecule has 0 saturated heterocycles. The van der Waals surface area contributed by atoms with E-state index in [2.05, 4.69) is 258 Å². The summed E-state index contributed by atoms with van der Waals surface area (Å²) in [6, 6.07) is 79.6. The van der Waals surface area contributed by atoms with Gasteiger partial charge >= 0.3 is 0 Å². The Morgan fingerprint density at radius 2 is 0.768 bits per heavy atom. The van der Waals surface area contributed by atoms with Crippen molar-refractivity contribution in [2.24, 2.45) is 0 Å². The molecule has 3 heteroatoms. The van der Waals surface area contributed by atoms with E-state index < -0.39 is 0 Å². The summed E-state index contributed by atoms with van der Waals surface area (Å²) < 4.78 is 5.22. The van der Waals surface area contributed by atoms with Crippen LogP contribution in [0.3, 0.4) is 0 Å². The first-order valence-electron chi connectivity index (χ1n) is 24.2. The van der Waals surface area contributed by atoms with Gasteiger partial charge in [-0.25, -0.2) is 0 Å². The number of para-hydroxylation sites is 2. The zero-order valence-electron chi connectivity index (χ0n) is 39.2. The maximum Gasteiger partial charge on any atom is 0.0589 e. The Balaban J connectivity index is 1.12. The van der Waals surface area contributed by atoms with Crippen LogP contribution in [0.25, 0.3) is 111 Å². The maximum absolute atomic E-state index is 2.96. The maximum atomic E-state index is 2.96. The second kappa shape index (κ2) is 14.6. The molecule has 0 bridgehead atoms. The van der Waals surface area contributed by atoms with Gasteiger partial charge in [0.1, 0.15) is 0 Å². The first-order chi connectivity index (χ1) is 33.6. The highest BCUT2D eigenvalue weighted by Crippen LogP contribution is 2.56. The third-order valence-corrected chi connectivity index (χ3v) is 16.0. The third kappa shape index (κ3) is 5.83. The van der Waals surface area contributed by atoms with Crippen molar-refractivity contribution < 1.29 is 0 Å². The van der Waals surface area contributed by atoms with Gasteiger partial charge in [-0.1, -0.05) is 161 Å². The lowest BCUT2D eigenvalue weighted by molar-refractivity contribution is 0.630. The van der Waals surface area contributed by atoms with Gasteiger partial charge in [-0.05, 0) is 162 Å². The van der Waals surface area contributed by atoms with E-state index in [1.165, 1.54) is 138 Å². The molecule has 1 unspecified atom stereocenters. The number of nitrogens with zero attached hydrogens (tertiary/aromatic N) is 2. The molecule has 0 spiro atoms. The molecular weight excluding hydrogens is 852 g/mol. The Kier molecular flexibility index (Phi) is 8.54. The van der Waals surface area contributed by atoms with Crippen molar-refractivity contribution in [3.8, 4) is 67.0 Å². The fourth-order valence-electron chi connectivity index (χ4n) is 12.4. The molecule has 0 radical (unpaired) electrons. The molecule has 69 heavy (non-hydrogen) atoms. The Morgan fingerprint density at radius 1 is 0.319 bits per heavy atom. The van der Waals surface area contributed by atoms with E-state index in [1.807, 2.05) is 0 Å². The zero-order chi connectivity index (χ0) is 46.3. The molecule has 1 atom stereocenters. The number of benzene rings is 10. The smallest absolute Gasteiger partial charge is 0.0589 e. The quantitative estimate of drug-likeness (QED) is 0.152. The summed E-state index contributed by atoms with van der Waals surface area (Å²) in [5.41, 5.74) is 24.6. The minimum Gasteiger partial charge on any atom is -0.309 e. The average molecular weight is 901 g/mol. The largest absolute Gasteiger partial charge is 0.309 e. The van der Waals surface area contributed by atoms with Crippen LogP contribution in [0.1, 0.15) is 49.9 Å². The van der Waals surface area contributed by atoms with Gasteiger partial charge < -0.3 is 9.13 Å². The van der Waals surface area contributed by atoms with Gasteiger partial charge in [-0.2, -0.15) is 0 Å². The molecule has 4 heterocycles. The lowest BCUT2D eigenvalue weighted by Crippen LogP contribution is -2.26. The summed E-state index contributed by atoms with van der Waals surface area (Å²) in [7, 11) is 2.96. The van der Waals surface area contributed by atoms with Gasteiger partial charge in [0.25, 0.3) is 0 Å². The molecule has 2 aromatic heterocycles. The normalized spacial score (nSPS) is 14.1. The molecule has 2 aliphatic rings. The molecule has 12 aromatic rings. The first-order valence-corrected chi connectivity index (χ1v) is 24.8. The van der Waals surface area contributed by atoms with Crippen molar-refractivity contribution in [2.45, 2.75) is 38.5 Å². The van der Waals surface area contributed by atoms with Gasteiger partial charge in [0.05, 0.1) is 33.4 Å². The summed E-state index contributed by atoms with van der Waals surface area (Å²) in [5.74, 6) is 0. The molecule has 2 nitrogen and oxygen atoms in total. The predicted octanol–water partition coefficient (Wildman–Crippen LogP) is 17.0. The molecule has 10 aromatic carbocycles. The van der Waals surface area contributed by atoms with Gasteiger partial charge in [0.2, 0.25) is 0 Å². The fraction of sp³-hybridized carbons (Fsp3) is 0.0909. The van der Waals surface area contributed by atoms with Crippen LogP contribution in [0, 0.1) is 0 Å². The third-order valence-electron chi connectivity index (χ3n) is 15.7. The van der Waals surface area contributed by atoms with Crippen molar-refractivity contribution in [3.63, 3.8) is 0 Å². The second-order valence-corrected chi connectivity index (χ2v) is 21.1. The van der Waals surface area contributed by atoms with E-state index in [1.54, 1.807) is 0 Å². The molecule has 0 N–H and O–H groups in total. The molecule has 14 rings (SSSR count). The number of hydrogen-bond donors (Lipinski definition) is 0. The monoisotopic (exact) mass is 900 g/mol. The Bertz CT molecular complexity index is 4060. The van der Waals surface area contributed by atoms with Crippen LogP contribution < -0.4 is 5.30 Å². The Hall–Kier alpha value is -7.77. The van der Waals surface area contributed by atoms with Gasteiger partial charge in [0.15, 0.2) is 0 Å². The van der Waals surface area contributed by atoms with E-state index in [0.29, 0.717) is 0 Å². The summed E-state index contributed by atoms with van der Waals surface area (Å²) in [5, 5.41) is 6.36. The van der Waals surface area contributed by atoms with Crippen LogP contribution in [0.2, 0.25) is 0 Å². The van der Waals surface area contributed by atoms with Crippen molar-refractivity contribution in [1.29, 1.82) is 0 Å². The topological polar surface area (TPSA) is 9.86 Å². The molecule has 0 aliphatic carbocycles. The molecule has 328 valence electrons. The van der Waals surface area contributed by atoms with Crippen molar-refractivity contribution in [1.82, 2.24) is 9.13 Å². The highest BCUT2D eigenvalue weighted by atomic mass is 31.0. The summed E-state index contributed by atoms with van der Waals surface area (Å²) in [4.78, 5) is 0. The van der Waals surface area contributed by atoms with Crippen LogP contribution in [0.5, 0.6) is 0 Å².